The van der Waals surface area contributed by atoms with E-state index >= 15 is 0 Å². The minimum atomic E-state index is -0.515. The van der Waals surface area contributed by atoms with Gasteiger partial charge < -0.3 is 0 Å². The Morgan fingerprint density at radius 1 is 1.21 bits per heavy atom. The van der Waals surface area contributed by atoms with E-state index in [0.29, 0.717) is 23.8 Å². The molecule has 78 valence electrons. The summed E-state index contributed by atoms with van der Waals surface area (Å²) in [6, 6.07) is 3.61. The largest absolute Gasteiger partial charge is 0.207 e. The lowest BCUT2D eigenvalue weighted by Gasteiger charge is -2.06. The molecule has 1 rings (SSSR count). The summed E-state index contributed by atoms with van der Waals surface area (Å²) >= 11 is 5.63. The van der Waals surface area contributed by atoms with Gasteiger partial charge in [-0.3, -0.25) is 0 Å². The molecule has 0 aliphatic heterocycles. The van der Waals surface area contributed by atoms with Crippen LogP contribution in [0.5, 0.6) is 0 Å². The Hall–Kier alpha value is -0.630. The third kappa shape index (κ3) is 3.62. The van der Waals surface area contributed by atoms with E-state index in [1.807, 2.05) is 6.92 Å². The fraction of sp³-hybridized carbons (Fsp3) is 0.455. The van der Waals surface area contributed by atoms with E-state index in [1.54, 1.807) is 0 Å². The van der Waals surface area contributed by atoms with Crippen LogP contribution in [-0.2, 0) is 6.42 Å². The molecule has 1 unspecified atom stereocenters. The van der Waals surface area contributed by atoms with Gasteiger partial charge in [-0.2, -0.15) is 0 Å². The summed E-state index contributed by atoms with van der Waals surface area (Å²) in [4.78, 5) is 0. The van der Waals surface area contributed by atoms with Crippen LogP contribution in [0.1, 0.15) is 18.9 Å². The molecular formula is C11H13ClF2. The molecule has 3 heteroatoms. The zero-order valence-corrected chi connectivity index (χ0v) is 8.82. The van der Waals surface area contributed by atoms with E-state index in [9.17, 15) is 8.78 Å². The predicted octanol–water partition coefficient (Wildman–Crippen LogP) is 3.77. The zero-order chi connectivity index (χ0) is 10.6. The first-order valence-corrected chi connectivity index (χ1v) is 5.16. The Balaban J connectivity index is 2.58. The zero-order valence-electron chi connectivity index (χ0n) is 8.06. The normalized spacial score (nSPS) is 12.9. The molecule has 0 aromatic heterocycles. The summed E-state index contributed by atoms with van der Waals surface area (Å²) in [5.74, 6) is -0.0716. The van der Waals surface area contributed by atoms with Crippen molar-refractivity contribution in [2.75, 3.05) is 5.88 Å². The molecule has 0 bridgehead atoms. The van der Waals surface area contributed by atoms with Crippen LogP contribution in [-0.4, -0.2) is 5.88 Å². The van der Waals surface area contributed by atoms with E-state index in [1.165, 1.54) is 12.1 Å². The lowest BCUT2D eigenvalue weighted by molar-refractivity contribution is 0.565. The average molecular weight is 219 g/mol. The maximum Gasteiger partial charge on any atom is 0.126 e. The first-order valence-electron chi connectivity index (χ1n) is 4.62. The van der Waals surface area contributed by atoms with Crippen molar-refractivity contribution < 1.29 is 8.78 Å². The van der Waals surface area contributed by atoms with E-state index in [4.69, 9.17) is 11.6 Å². The summed E-state index contributed by atoms with van der Waals surface area (Å²) in [6.45, 7) is 2.02. The Kier molecular flexibility index (Phi) is 4.33. The highest BCUT2D eigenvalue weighted by molar-refractivity contribution is 6.18. The van der Waals surface area contributed by atoms with Crippen molar-refractivity contribution in [2.24, 2.45) is 5.92 Å². The van der Waals surface area contributed by atoms with Crippen LogP contribution in [0.2, 0.25) is 0 Å². The third-order valence-electron chi connectivity index (χ3n) is 2.11. The molecule has 0 amide bonds. The minimum absolute atomic E-state index is 0.378. The maximum atomic E-state index is 12.8. The van der Waals surface area contributed by atoms with E-state index in [0.717, 1.165) is 12.5 Å². The smallest absolute Gasteiger partial charge is 0.126 e. The summed E-state index contributed by atoms with van der Waals surface area (Å²) < 4.78 is 25.5. The average Bonchev–Trinajstić information content (AvgIpc) is 2.12. The fourth-order valence-electron chi connectivity index (χ4n) is 1.25. The van der Waals surface area contributed by atoms with Crippen molar-refractivity contribution >= 4 is 11.6 Å². The van der Waals surface area contributed by atoms with Gasteiger partial charge in [0.05, 0.1) is 0 Å². The molecular weight excluding hydrogens is 206 g/mol. The molecule has 0 radical (unpaired) electrons. The van der Waals surface area contributed by atoms with Gasteiger partial charge >= 0.3 is 0 Å². The first-order chi connectivity index (χ1) is 6.61. The highest BCUT2D eigenvalue weighted by Gasteiger charge is 2.03. The molecule has 0 nitrogen and oxygen atoms in total. The minimum Gasteiger partial charge on any atom is -0.207 e. The van der Waals surface area contributed by atoms with Gasteiger partial charge in [0.25, 0.3) is 0 Å². The summed E-state index contributed by atoms with van der Waals surface area (Å²) in [5.41, 5.74) is 0.694. The van der Waals surface area contributed by atoms with Gasteiger partial charge in [0.15, 0.2) is 0 Å². The second-order valence-corrected chi connectivity index (χ2v) is 3.88. The molecule has 1 aromatic carbocycles. The number of rotatable bonds is 4. The lowest BCUT2D eigenvalue weighted by atomic mass is 10.0. The van der Waals surface area contributed by atoms with Gasteiger partial charge in [-0.1, -0.05) is 6.92 Å². The SMILES string of the molecule is CC(CCl)CCc1cc(F)cc(F)c1. The van der Waals surface area contributed by atoms with Crippen LogP contribution in [0.4, 0.5) is 8.78 Å². The van der Waals surface area contributed by atoms with Crippen LogP contribution < -0.4 is 0 Å². The molecule has 1 aromatic rings. The van der Waals surface area contributed by atoms with Crippen LogP contribution >= 0.6 is 11.6 Å². The number of benzene rings is 1. The van der Waals surface area contributed by atoms with E-state index in [2.05, 4.69) is 0 Å². The monoisotopic (exact) mass is 218 g/mol. The quantitative estimate of drug-likeness (QED) is 0.675. The Labute approximate surface area is 87.9 Å². The molecule has 14 heavy (non-hydrogen) atoms. The number of alkyl halides is 1. The Bertz CT molecular complexity index is 279. The maximum absolute atomic E-state index is 12.8. The molecule has 0 aliphatic rings. The van der Waals surface area contributed by atoms with E-state index in [-0.39, 0.29) is 0 Å². The van der Waals surface area contributed by atoms with E-state index < -0.39 is 11.6 Å². The van der Waals surface area contributed by atoms with Gasteiger partial charge in [-0.05, 0) is 36.5 Å². The van der Waals surface area contributed by atoms with Crippen LogP contribution in [0.3, 0.4) is 0 Å². The molecule has 1 atom stereocenters. The highest BCUT2D eigenvalue weighted by Crippen LogP contribution is 2.13. The predicted molar refractivity (Wildman–Crippen MR) is 54.6 cm³/mol. The molecule has 0 aliphatic carbocycles. The number of hydrogen-bond donors (Lipinski definition) is 0. The van der Waals surface area contributed by atoms with Crippen LogP contribution in [0.15, 0.2) is 18.2 Å². The Morgan fingerprint density at radius 3 is 2.29 bits per heavy atom. The molecule has 0 N–H and O–H groups in total. The van der Waals surface area contributed by atoms with Gasteiger partial charge in [-0.15, -0.1) is 11.6 Å². The molecule has 0 saturated heterocycles. The Morgan fingerprint density at radius 2 is 1.79 bits per heavy atom. The van der Waals surface area contributed by atoms with Crippen LogP contribution in [0.25, 0.3) is 0 Å². The lowest BCUT2D eigenvalue weighted by Crippen LogP contribution is -1.99. The van der Waals surface area contributed by atoms with Crippen LogP contribution in [0, 0.1) is 17.6 Å². The van der Waals surface area contributed by atoms with Gasteiger partial charge in [0, 0.05) is 11.9 Å². The summed E-state index contributed by atoms with van der Waals surface area (Å²) in [5, 5.41) is 0. The molecule has 0 spiro atoms. The first kappa shape index (κ1) is 11.4. The third-order valence-corrected chi connectivity index (χ3v) is 2.64. The van der Waals surface area contributed by atoms with Gasteiger partial charge in [-0.25, -0.2) is 8.78 Å². The number of halogens is 3. The second-order valence-electron chi connectivity index (χ2n) is 3.58. The van der Waals surface area contributed by atoms with Crippen molar-refractivity contribution in [3.8, 4) is 0 Å². The van der Waals surface area contributed by atoms with Crippen molar-refractivity contribution in [2.45, 2.75) is 19.8 Å². The molecule has 0 saturated carbocycles. The van der Waals surface area contributed by atoms with Gasteiger partial charge in [0.2, 0.25) is 0 Å². The van der Waals surface area contributed by atoms with Crippen molar-refractivity contribution in [3.63, 3.8) is 0 Å². The van der Waals surface area contributed by atoms with Crippen molar-refractivity contribution in [1.82, 2.24) is 0 Å². The second kappa shape index (κ2) is 5.30. The molecule has 0 heterocycles. The fourth-order valence-corrected chi connectivity index (χ4v) is 1.40. The van der Waals surface area contributed by atoms with Crippen molar-refractivity contribution in [3.05, 3.63) is 35.4 Å². The topological polar surface area (TPSA) is 0 Å². The summed E-state index contributed by atoms with van der Waals surface area (Å²) in [6.07, 6.45) is 1.52. The summed E-state index contributed by atoms with van der Waals surface area (Å²) in [7, 11) is 0. The van der Waals surface area contributed by atoms with Crippen molar-refractivity contribution in [1.29, 1.82) is 0 Å². The standard InChI is InChI=1S/C11H13ClF2/c1-8(7-12)2-3-9-4-10(13)6-11(14)5-9/h4-6,8H,2-3,7H2,1H3. The molecule has 0 fully saturated rings. The number of hydrogen-bond acceptors (Lipinski definition) is 0. The highest BCUT2D eigenvalue weighted by atomic mass is 35.5. The van der Waals surface area contributed by atoms with Gasteiger partial charge in [0.1, 0.15) is 11.6 Å². The number of aryl methyl sites for hydroxylation is 1.